The molecule has 2 aromatic carbocycles. The number of carbonyl (C=O) groups is 1. The van der Waals surface area contributed by atoms with Gasteiger partial charge in [-0.25, -0.2) is 4.79 Å². The molecule has 3 aromatic rings. The minimum atomic E-state index is -0.583. The number of aromatic nitrogens is 2. The quantitative estimate of drug-likeness (QED) is 0.621. The maximum absolute atomic E-state index is 12.6. The summed E-state index contributed by atoms with van der Waals surface area (Å²) < 4.78 is 2.22. The van der Waals surface area contributed by atoms with Crippen molar-refractivity contribution in [1.82, 2.24) is 9.13 Å². The molecule has 0 atom stereocenters. The van der Waals surface area contributed by atoms with E-state index in [0.717, 1.165) is 10.1 Å². The zero-order valence-corrected chi connectivity index (χ0v) is 16.1. The number of nitrogens with one attached hydrogen (secondary N) is 1. The van der Waals surface area contributed by atoms with E-state index in [4.69, 9.17) is 28.9 Å². The van der Waals surface area contributed by atoms with Crippen LogP contribution in [0.1, 0.15) is 5.56 Å². The van der Waals surface area contributed by atoms with Crippen LogP contribution in [0.5, 0.6) is 0 Å². The Morgan fingerprint density at radius 1 is 1.04 bits per heavy atom. The molecule has 0 aliphatic carbocycles. The van der Waals surface area contributed by atoms with E-state index < -0.39 is 23.7 Å². The van der Waals surface area contributed by atoms with Crippen LogP contribution in [-0.4, -0.2) is 15.0 Å². The lowest BCUT2D eigenvalue weighted by Gasteiger charge is -2.11. The lowest BCUT2D eigenvalue weighted by molar-refractivity contribution is -0.116. The van der Waals surface area contributed by atoms with Crippen LogP contribution < -0.4 is 22.3 Å². The second-order valence-corrected chi connectivity index (χ2v) is 6.85. The molecular weight excluding hydrogens is 403 g/mol. The number of nitrogens with two attached hydrogens (primary N) is 1. The average Bonchev–Trinajstić information content (AvgIpc) is 2.66. The summed E-state index contributed by atoms with van der Waals surface area (Å²) in [4.78, 5) is 37.0. The fraction of sp³-hybridized carbons (Fsp3) is 0.105. The molecule has 0 aliphatic rings. The van der Waals surface area contributed by atoms with Crippen molar-refractivity contribution in [1.29, 1.82) is 0 Å². The minimum absolute atomic E-state index is 0.185. The fourth-order valence-corrected chi connectivity index (χ4v) is 3.09. The molecule has 0 radical (unpaired) electrons. The third kappa shape index (κ3) is 4.44. The number of benzene rings is 2. The summed E-state index contributed by atoms with van der Waals surface area (Å²) in [5, 5.41) is 2.92. The van der Waals surface area contributed by atoms with Gasteiger partial charge in [0.15, 0.2) is 0 Å². The number of hydrogen-bond donors (Lipinski definition) is 2. The average molecular weight is 419 g/mol. The summed E-state index contributed by atoms with van der Waals surface area (Å²) in [6, 6.07) is 13.4. The molecule has 1 amide bonds. The van der Waals surface area contributed by atoms with Gasteiger partial charge in [0, 0.05) is 18.0 Å². The molecule has 0 unspecified atom stereocenters. The molecule has 3 N–H and O–H groups in total. The van der Waals surface area contributed by atoms with Crippen LogP contribution in [0.2, 0.25) is 10.0 Å². The van der Waals surface area contributed by atoms with E-state index in [-0.39, 0.29) is 22.3 Å². The zero-order valence-electron chi connectivity index (χ0n) is 14.6. The predicted octanol–water partition coefficient (Wildman–Crippen LogP) is 2.59. The highest BCUT2D eigenvalue weighted by molar-refractivity contribution is 6.39. The van der Waals surface area contributed by atoms with E-state index in [1.165, 1.54) is 29.0 Å². The molecule has 0 saturated heterocycles. The first-order chi connectivity index (χ1) is 13.3. The molecular formula is C19H16Cl2N4O3. The maximum atomic E-state index is 12.6. The van der Waals surface area contributed by atoms with Crippen LogP contribution in [0.4, 0.5) is 11.4 Å². The summed E-state index contributed by atoms with van der Waals surface area (Å²) in [7, 11) is 0. The standard InChI is InChI=1S/C19H16Cl2N4O3/c20-14-8-13(9-15(21)18(14)22)23-16(26)11-25-17(27)6-7-24(19(25)28)10-12-4-2-1-3-5-12/h1-9H,10-11,22H2,(H,23,26). The molecule has 7 nitrogen and oxygen atoms in total. The number of carbonyl (C=O) groups excluding carboxylic acids is 1. The van der Waals surface area contributed by atoms with Crippen molar-refractivity contribution >= 4 is 40.5 Å². The Morgan fingerprint density at radius 3 is 2.32 bits per heavy atom. The second-order valence-electron chi connectivity index (χ2n) is 6.04. The van der Waals surface area contributed by atoms with Gasteiger partial charge >= 0.3 is 5.69 Å². The largest absolute Gasteiger partial charge is 0.396 e. The molecule has 9 heteroatoms. The van der Waals surface area contributed by atoms with Crippen LogP contribution >= 0.6 is 23.2 Å². The molecule has 0 fully saturated rings. The Labute approximate surface area is 169 Å². The van der Waals surface area contributed by atoms with Crippen molar-refractivity contribution in [2.24, 2.45) is 0 Å². The smallest absolute Gasteiger partial charge is 0.331 e. The lowest BCUT2D eigenvalue weighted by Crippen LogP contribution is -2.41. The second kappa shape index (κ2) is 8.33. The van der Waals surface area contributed by atoms with Gasteiger partial charge in [-0.15, -0.1) is 0 Å². The van der Waals surface area contributed by atoms with Gasteiger partial charge in [0.05, 0.1) is 22.3 Å². The first-order valence-electron chi connectivity index (χ1n) is 8.23. The third-order valence-corrected chi connectivity index (χ3v) is 4.63. The summed E-state index contributed by atoms with van der Waals surface area (Å²) >= 11 is 11.9. The Bertz CT molecular complexity index is 1120. The Hall–Kier alpha value is -3.03. The number of nitrogen functional groups attached to an aromatic ring is 1. The minimum Gasteiger partial charge on any atom is -0.396 e. The van der Waals surface area contributed by atoms with Crippen molar-refractivity contribution in [3.05, 3.63) is 91.2 Å². The Balaban J connectivity index is 1.82. The highest BCUT2D eigenvalue weighted by atomic mass is 35.5. The van der Waals surface area contributed by atoms with Gasteiger partial charge in [-0.3, -0.25) is 18.7 Å². The number of rotatable bonds is 5. The van der Waals surface area contributed by atoms with Gasteiger partial charge in [-0.05, 0) is 17.7 Å². The molecule has 28 heavy (non-hydrogen) atoms. The third-order valence-electron chi connectivity index (χ3n) is 4.00. The number of amides is 1. The van der Waals surface area contributed by atoms with Crippen LogP contribution in [0.3, 0.4) is 0 Å². The lowest BCUT2D eigenvalue weighted by atomic mass is 10.2. The summed E-state index contributed by atoms with van der Waals surface area (Å²) in [5.74, 6) is -0.575. The molecule has 3 rings (SSSR count). The summed E-state index contributed by atoms with van der Waals surface area (Å²) in [5.41, 5.74) is 5.90. The molecule has 0 aliphatic heterocycles. The Kier molecular flexibility index (Phi) is 5.87. The van der Waals surface area contributed by atoms with Crippen LogP contribution in [0, 0.1) is 0 Å². The molecule has 1 aromatic heterocycles. The molecule has 0 bridgehead atoms. The Morgan fingerprint density at radius 2 is 1.68 bits per heavy atom. The van der Waals surface area contributed by atoms with Gasteiger partial charge in [-0.2, -0.15) is 0 Å². The van der Waals surface area contributed by atoms with E-state index in [0.29, 0.717) is 5.69 Å². The molecule has 0 spiro atoms. The SMILES string of the molecule is Nc1c(Cl)cc(NC(=O)Cn2c(=O)ccn(Cc3ccccc3)c2=O)cc1Cl. The van der Waals surface area contributed by atoms with E-state index in [9.17, 15) is 14.4 Å². The van der Waals surface area contributed by atoms with Gasteiger partial charge in [0.1, 0.15) is 6.54 Å². The van der Waals surface area contributed by atoms with Crippen molar-refractivity contribution in [2.75, 3.05) is 11.1 Å². The number of nitrogens with zero attached hydrogens (tertiary/aromatic N) is 2. The summed E-state index contributed by atoms with van der Waals surface area (Å²) in [6.45, 7) is -0.169. The van der Waals surface area contributed by atoms with Crippen LogP contribution in [-0.2, 0) is 17.9 Å². The van der Waals surface area contributed by atoms with Crippen LogP contribution in [0.25, 0.3) is 0 Å². The molecule has 144 valence electrons. The highest BCUT2D eigenvalue weighted by Gasteiger charge is 2.12. The first kappa shape index (κ1) is 19.7. The van der Waals surface area contributed by atoms with Gasteiger partial charge in [0.25, 0.3) is 5.56 Å². The fourth-order valence-electron chi connectivity index (χ4n) is 2.60. The highest BCUT2D eigenvalue weighted by Crippen LogP contribution is 2.31. The van der Waals surface area contributed by atoms with Gasteiger partial charge in [-0.1, -0.05) is 53.5 Å². The van der Waals surface area contributed by atoms with Crippen molar-refractivity contribution in [2.45, 2.75) is 13.1 Å². The predicted molar refractivity (Wildman–Crippen MR) is 110 cm³/mol. The monoisotopic (exact) mass is 418 g/mol. The van der Waals surface area contributed by atoms with Gasteiger partial charge < -0.3 is 11.1 Å². The van der Waals surface area contributed by atoms with E-state index >= 15 is 0 Å². The number of hydrogen-bond acceptors (Lipinski definition) is 4. The number of anilines is 2. The van der Waals surface area contributed by atoms with E-state index in [2.05, 4.69) is 5.32 Å². The van der Waals surface area contributed by atoms with Crippen molar-refractivity contribution < 1.29 is 4.79 Å². The number of halogens is 2. The molecule has 1 heterocycles. The first-order valence-corrected chi connectivity index (χ1v) is 8.99. The molecule has 0 saturated carbocycles. The zero-order chi connectivity index (χ0) is 20.3. The van der Waals surface area contributed by atoms with Crippen molar-refractivity contribution in [3.8, 4) is 0 Å². The maximum Gasteiger partial charge on any atom is 0.331 e. The van der Waals surface area contributed by atoms with Gasteiger partial charge in [0.2, 0.25) is 5.91 Å². The van der Waals surface area contributed by atoms with Crippen molar-refractivity contribution in [3.63, 3.8) is 0 Å². The van der Waals surface area contributed by atoms with E-state index in [1.54, 1.807) is 0 Å². The van der Waals surface area contributed by atoms with E-state index in [1.807, 2.05) is 30.3 Å². The van der Waals surface area contributed by atoms with Crippen LogP contribution in [0.15, 0.2) is 64.3 Å². The summed E-state index contributed by atoms with van der Waals surface area (Å²) in [6.07, 6.45) is 1.41. The topological polar surface area (TPSA) is 99.1 Å². The normalized spacial score (nSPS) is 10.6.